The molecular weight excluding hydrogens is 444 g/mol. The van der Waals surface area contributed by atoms with Crippen molar-refractivity contribution in [2.24, 2.45) is 0 Å². The zero-order valence-electron chi connectivity index (χ0n) is 18.5. The number of nitro benzene ring substituents is 1. The molecule has 0 aliphatic rings. The summed E-state index contributed by atoms with van der Waals surface area (Å²) >= 11 is 1.14. The Morgan fingerprint density at radius 2 is 1.88 bits per heavy atom. The number of anilines is 1. The molecule has 0 aliphatic carbocycles. The van der Waals surface area contributed by atoms with E-state index < -0.39 is 16.8 Å². The van der Waals surface area contributed by atoms with Crippen molar-refractivity contribution in [1.29, 1.82) is 0 Å². The first kappa shape index (κ1) is 23.9. The molecule has 0 aliphatic heterocycles. The van der Waals surface area contributed by atoms with E-state index in [1.807, 2.05) is 12.1 Å². The van der Waals surface area contributed by atoms with Crippen molar-refractivity contribution in [1.82, 2.24) is 0 Å². The minimum Gasteiger partial charge on any atom is -0.484 e. The fraction of sp³-hybridized carbons (Fsp3) is 0.250. The third-order valence-electron chi connectivity index (χ3n) is 4.81. The van der Waals surface area contributed by atoms with Gasteiger partial charge in [0.1, 0.15) is 16.3 Å². The standard InChI is InChI=1S/C24H24N2O6S/c1-4-31-24(28)22-20(17-6-5-7-18(12-17)26(29)30)14-33-23(22)25-21(27)13-32-19-10-8-16(9-11-19)15(2)3/h5-12,14-15H,4,13H2,1-3H3,(H,25,27). The molecule has 0 unspecified atom stereocenters. The van der Waals surface area contributed by atoms with Gasteiger partial charge in [0.25, 0.3) is 11.6 Å². The number of hydrogen-bond donors (Lipinski definition) is 1. The molecule has 0 bridgehead atoms. The van der Waals surface area contributed by atoms with Gasteiger partial charge in [0.2, 0.25) is 0 Å². The summed E-state index contributed by atoms with van der Waals surface area (Å²) < 4.78 is 10.7. The molecule has 3 aromatic rings. The van der Waals surface area contributed by atoms with Crippen LogP contribution in [-0.2, 0) is 9.53 Å². The minimum atomic E-state index is -0.624. The number of benzene rings is 2. The molecule has 0 radical (unpaired) electrons. The lowest BCUT2D eigenvalue weighted by atomic mass is 10.0. The van der Waals surface area contributed by atoms with Crippen LogP contribution in [0.15, 0.2) is 53.9 Å². The molecule has 1 heterocycles. The average Bonchev–Trinajstić information content (AvgIpc) is 3.21. The lowest BCUT2D eigenvalue weighted by Gasteiger charge is -2.10. The van der Waals surface area contributed by atoms with Crippen LogP contribution in [0, 0.1) is 10.1 Å². The number of nitrogens with zero attached hydrogens (tertiary/aromatic N) is 1. The predicted octanol–water partition coefficient (Wildman–Crippen LogP) is 5.64. The summed E-state index contributed by atoms with van der Waals surface area (Å²) in [5.74, 6) is -0.118. The molecule has 9 heteroatoms. The second kappa shape index (κ2) is 10.7. The zero-order valence-corrected chi connectivity index (χ0v) is 19.3. The number of non-ortho nitro benzene ring substituents is 1. The number of rotatable bonds is 9. The molecule has 2 aromatic carbocycles. The third kappa shape index (κ3) is 5.95. The van der Waals surface area contributed by atoms with Gasteiger partial charge in [-0.2, -0.15) is 0 Å². The number of hydrogen-bond acceptors (Lipinski definition) is 7. The molecule has 1 aromatic heterocycles. The minimum absolute atomic E-state index is 0.101. The molecule has 33 heavy (non-hydrogen) atoms. The Bertz CT molecular complexity index is 1150. The van der Waals surface area contributed by atoms with Gasteiger partial charge in [0.05, 0.1) is 11.5 Å². The van der Waals surface area contributed by atoms with E-state index in [9.17, 15) is 19.7 Å². The number of nitrogens with one attached hydrogen (secondary N) is 1. The van der Waals surface area contributed by atoms with Crippen LogP contribution in [0.3, 0.4) is 0 Å². The quantitative estimate of drug-likeness (QED) is 0.247. The third-order valence-corrected chi connectivity index (χ3v) is 5.70. The van der Waals surface area contributed by atoms with Gasteiger partial charge in [-0.05, 0) is 36.1 Å². The van der Waals surface area contributed by atoms with Crippen molar-refractivity contribution in [3.8, 4) is 16.9 Å². The first-order valence-corrected chi connectivity index (χ1v) is 11.2. The van der Waals surface area contributed by atoms with Crippen molar-refractivity contribution in [3.63, 3.8) is 0 Å². The van der Waals surface area contributed by atoms with Gasteiger partial charge in [0, 0.05) is 23.1 Å². The normalized spacial score (nSPS) is 10.7. The van der Waals surface area contributed by atoms with Crippen molar-refractivity contribution in [3.05, 3.63) is 75.2 Å². The molecule has 1 amide bonds. The molecule has 172 valence electrons. The molecule has 8 nitrogen and oxygen atoms in total. The molecule has 0 saturated heterocycles. The summed E-state index contributed by atoms with van der Waals surface area (Å²) in [7, 11) is 0. The number of thiophene rings is 1. The molecule has 3 rings (SSSR count). The fourth-order valence-corrected chi connectivity index (χ4v) is 4.09. The van der Waals surface area contributed by atoms with Gasteiger partial charge in [-0.25, -0.2) is 4.79 Å². The van der Waals surface area contributed by atoms with Gasteiger partial charge in [0.15, 0.2) is 6.61 Å². The van der Waals surface area contributed by atoms with Crippen LogP contribution in [0.5, 0.6) is 5.75 Å². The highest BCUT2D eigenvalue weighted by Gasteiger charge is 2.24. The van der Waals surface area contributed by atoms with Crippen molar-refractivity contribution in [2.45, 2.75) is 26.7 Å². The van der Waals surface area contributed by atoms with E-state index in [1.165, 1.54) is 18.2 Å². The molecule has 1 N–H and O–H groups in total. The van der Waals surface area contributed by atoms with Crippen LogP contribution in [0.2, 0.25) is 0 Å². The highest BCUT2D eigenvalue weighted by molar-refractivity contribution is 7.15. The summed E-state index contributed by atoms with van der Waals surface area (Å²) in [6.07, 6.45) is 0. The molecule has 0 fully saturated rings. The summed E-state index contributed by atoms with van der Waals surface area (Å²) in [6.45, 7) is 5.76. The lowest BCUT2D eigenvalue weighted by Crippen LogP contribution is -2.21. The van der Waals surface area contributed by atoms with Crippen molar-refractivity contribution < 1.29 is 24.0 Å². The maximum atomic E-state index is 12.7. The van der Waals surface area contributed by atoms with Crippen LogP contribution in [0.4, 0.5) is 10.7 Å². The van der Waals surface area contributed by atoms with Gasteiger partial charge in [-0.1, -0.05) is 38.1 Å². The topological polar surface area (TPSA) is 108 Å². The van der Waals surface area contributed by atoms with E-state index in [0.717, 1.165) is 16.9 Å². The Morgan fingerprint density at radius 3 is 2.52 bits per heavy atom. The lowest BCUT2D eigenvalue weighted by molar-refractivity contribution is -0.384. The van der Waals surface area contributed by atoms with Crippen LogP contribution < -0.4 is 10.1 Å². The van der Waals surface area contributed by atoms with Crippen LogP contribution in [0.25, 0.3) is 11.1 Å². The Balaban J connectivity index is 1.79. The second-order valence-corrected chi connectivity index (χ2v) is 8.32. The van der Waals surface area contributed by atoms with E-state index in [-0.39, 0.29) is 24.5 Å². The zero-order chi connectivity index (χ0) is 24.0. The van der Waals surface area contributed by atoms with Gasteiger partial charge < -0.3 is 14.8 Å². The number of carbonyl (C=O) groups excluding carboxylic acids is 2. The number of carbonyl (C=O) groups is 2. The van der Waals surface area contributed by atoms with Gasteiger partial charge in [-0.15, -0.1) is 11.3 Å². The van der Waals surface area contributed by atoms with E-state index in [2.05, 4.69) is 19.2 Å². The Morgan fingerprint density at radius 1 is 1.15 bits per heavy atom. The second-order valence-electron chi connectivity index (χ2n) is 7.44. The van der Waals surface area contributed by atoms with Crippen molar-refractivity contribution in [2.75, 3.05) is 18.5 Å². The number of amides is 1. The number of esters is 1. The van der Waals surface area contributed by atoms with Crippen LogP contribution in [0.1, 0.15) is 42.6 Å². The van der Waals surface area contributed by atoms with E-state index in [0.29, 0.717) is 27.8 Å². The maximum Gasteiger partial charge on any atom is 0.341 e. The number of ether oxygens (including phenoxy) is 2. The Hall–Kier alpha value is -3.72. The highest BCUT2D eigenvalue weighted by Crippen LogP contribution is 2.37. The highest BCUT2D eigenvalue weighted by atomic mass is 32.1. The Kier molecular flexibility index (Phi) is 7.78. The van der Waals surface area contributed by atoms with Gasteiger partial charge in [-0.3, -0.25) is 14.9 Å². The molecule has 0 atom stereocenters. The summed E-state index contributed by atoms with van der Waals surface area (Å²) in [6, 6.07) is 13.4. The molecular formula is C24H24N2O6S. The maximum absolute atomic E-state index is 12.7. The van der Waals surface area contributed by atoms with Crippen molar-refractivity contribution >= 4 is 33.9 Å². The summed E-state index contributed by atoms with van der Waals surface area (Å²) in [4.78, 5) is 35.8. The van der Waals surface area contributed by atoms with Gasteiger partial charge >= 0.3 is 5.97 Å². The first-order valence-electron chi connectivity index (χ1n) is 10.4. The molecule has 0 spiro atoms. The molecule has 0 saturated carbocycles. The fourth-order valence-electron chi connectivity index (χ4n) is 3.12. The Labute approximate surface area is 195 Å². The van der Waals surface area contributed by atoms with Crippen LogP contribution >= 0.6 is 11.3 Å². The SMILES string of the molecule is CCOC(=O)c1c(-c2cccc([N+](=O)[O-])c2)csc1NC(=O)COc1ccc(C(C)C)cc1. The van der Waals surface area contributed by atoms with Crippen LogP contribution in [-0.4, -0.2) is 30.0 Å². The summed E-state index contributed by atoms with van der Waals surface area (Å²) in [5, 5.41) is 15.8. The van der Waals surface area contributed by atoms with E-state index >= 15 is 0 Å². The van der Waals surface area contributed by atoms with E-state index in [4.69, 9.17) is 9.47 Å². The predicted molar refractivity (Wildman–Crippen MR) is 127 cm³/mol. The number of nitro groups is 1. The monoisotopic (exact) mass is 468 g/mol. The smallest absolute Gasteiger partial charge is 0.341 e. The van der Waals surface area contributed by atoms with E-state index in [1.54, 1.807) is 30.5 Å². The average molecular weight is 469 g/mol. The first-order chi connectivity index (χ1) is 15.8. The summed E-state index contributed by atoms with van der Waals surface area (Å²) in [5.41, 5.74) is 2.14. The largest absolute Gasteiger partial charge is 0.484 e.